The molecule has 3 heteroatoms. The van der Waals surface area contributed by atoms with Crippen molar-refractivity contribution >= 4 is 11.8 Å². The van der Waals surface area contributed by atoms with E-state index < -0.39 is 0 Å². The van der Waals surface area contributed by atoms with Crippen molar-refractivity contribution in [1.82, 2.24) is 0 Å². The summed E-state index contributed by atoms with van der Waals surface area (Å²) < 4.78 is 9.89. The summed E-state index contributed by atoms with van der Waals surface area (Å²) in [5.74, 6) is 2.01. The van der Waals surface area contributed by atoms with E-state index in [-0.39, 0.29) is 0 Å². The Hall–Kier alpha value is 0.270. The van der Waals surface area contributed by atoms with Gasteiger partial charge >= 0.3 is 0 Å². The van der Waals surface area contributed by atoms with Crippen LogP contribution in [-0.2, 0) is 9.47 Å². The fraction of sp³-hybridized carbons (Fsp3) is 0.833. The Morgan fingerprint density at radius 2 is 2.22 bits per heavy atom. The molecule has 0 N–H and O–H groups in total. The molecule has 0 aliphatic rings. The SMILES string of the molecule is COCCOC[CH]SC. The van der Waals surface area contributed by atoms with Gasteiger partial charge in [0.1, 0.15) is 0 Å². The Kier molecular flexibility index (Phi) is 8.52. The van der Waals surface area contributed by atoms with Crippen molar-refractivity contribution in [3.05, 3.63) is 5.75 Å². The maximum Gasteiger partial charge on any atom is 0.0700 e. The van der Waals surface area contributed by atoms with Crippen LogP contribution in [0.1, 0.15) is 0 Å². The average molecular weight is 149 g/mol. The Morgan fingerprint density at radius 3 is 2.78 bits per heavy atom. The first-order valence-corrected chi connectivity index (χ1v) is 4.11. The smallest absolute Gasteiger partial charge is 0.0700 e. The molecule has 0 aliphatic carbocycles. The number of methoxy groups -OCH3 is 1. The van der Waals surface area contributed by atoms with Crippen LogP contribution >= 0.6 is 11.8 Å². The summed E-state index contributed by atoms with van der Waals surface area (Å²) in [4.78, 5) is 0. The van der Waals surface area contributed by atoms with Gasteiger partial charge in [-0.2, -0.15) is 11.8 Å². The number of hydrogen-bond acceptors (Lipinski definition) is 3. The molecule has 0 rings (SSSR count). The van der Waals surface area contributed by atoms with Gasteiger partial charge in [0, 0.05) is 12.9 Å². The molecule has 0 aromatic carbocycles. The maximum absolute atomic E-state index is 5.11. The number of hydrogen-bond donors (Lipinski definition) is 0. The van der Waals surface area contributed by atoms with Crippen LogP contribution in [0.3, 0.4) is 0 Å². The normalized spacial score (nSPS) is 10.0. The molecule has 0 saturated carbocycles. The van der Waals surface area contributed by atoms with E-state index in [1.54, 1.807) is 18.9 Å². The lowest BCUT2D eigenvalue weighted by molar-refractivity contribution is 0.0836. The molecule has 1 radical (unpaired) electrons. The maximum atomic E-state index is 5.11. The van der Waals surface area contributed by atoms with Crippen molar-refractivity contribution in [2.45, 2.75) is 0 Å². The topological polar surface area (TPSA) is 18.5 Å². The molecule has 0 heterocycles. The predicted octanol–water partition coefficient (Wildman–Crippen LogP) is 1.17. The third kappa shape index (κ3) is 8.27. The summed E-state index contributed by atoms with van der Waals surface area (Å²) in [6, 6.07) is 0. The lowest BCUT2D eigenvalue weighted by Gasteiger charge is -1.99. The second-order valence-corrected chi connectivity index (χ2v) is 2.27. The van der Waals surface area contributed by atoms with E-state index in [9.17, 15) is 0 Å². The van der Waals surface area contributed by atoms with Gasteiger partial charge in [0.25, 0.3) is 0 Å². The summed E-state index contributed by atoms with van der Waals surface area (Å²) in [7, 11) is 1.67. The van der Waals surface area contributed by atoms with E-state index in [0.717, 1.165) is 0 Å². The van der Waals surface area contributed by atoms with Gasteiger partial charge in [-0.25, -0.2) is 0 Å². The van der Waals surface area contributed by atoms with Crippen molar-refractivity contribution < 1.29 is 9.47 Å². The molecule has 0 unspecified atom stereocenters. The first kappa shape index (κ1) is 9.27. The zero-order chi connectivity index (χ0) is 6.95. The summed E-state index contributed by atoms with van der Waals surface area (Å²) in [5, 5.41) is 0. The van der Waals surface area contributed by atoms with E-state index >= 15 is 0 Å². The van der Waals surface area contributed by atoms with Crippen molar-refractivity contribution in [3.8, 4) is 0 Å². The first-order chi connectivity index (χ1) is 4.41. The third-order valence-electron chi connectivity index (χ3n) is 0.784. The van der Waals surface area contributed by atoms with Gasteiger partial charge in [0.05, 0.1) is 19.8 Å². The molecule has 55 valence electrons. The Labute approximate surface area is 60.9 Å². The highest BCUT2D eigenvalue weighted by Crippen LogP contribution is 1.96. The monoisotopic (exact) mass is 149 g/mol. The van der Waals surface area contributed by atoms with Gasteiger partial charge in [0.15, 0.2) is 0 Å². The number of thioether (sulfide) groups is 1. The highest BCUT2D eigenvalue weighted by Gasteiger charge is 1.85. The third-order valence-corrected chi connectivity index (χ3v) is 1.25. The summed E-state index contributed by atoms with van der Waals surface area (Å²) in [5.41, 5.74) is 0. The standard InChI is InChI=1S/C6H13O2S/c1-7-3-4-8-5-6-9-2/h6H,3-5H2,1-2H3. The Morgan fingerprint density at radius 1 is 1.44 bits per heavy atom. The highest BCUT2D eigenvalue weighted by molar-refractivity contribution is 8.00. The van der Waals surface area contributed by atoms with Gasteiger partial charge in [-0.3, -0.25) is 0 Å². The molecule has 0 saturated heterocycles. The van der Waals surface area contributed by atoms with E-state index in [1.165, 1.54) is 0 Å². The molecule has 2 nitrogen and oxygen atoms in total. The molecule has 0 aliphatic heterocycles. The lowest BCUT2D eigenvalue weighted by Crippen LogP contribution is -2.01. The van der Waals surface area contributed by atoms with Crippen LogP contribution in [0.15, 0.2) is 0 Å². The molecule has 0 aromatic heterocycles. The summed E-state index contributed by atoms with van der Waals surface area (Å²) >= 11 is 1.67. The van der Waals surface area contributed by atoms with Crippen LogP contribution in [0.2, 0.25) is 0 Å². The first-order valence-electron chi connectivity index (χ1n) is 2.83. The largest absolute Gasteiger partial charge is 0.382 e. The molecular formula is C6H13O2S. The fourth-order valence-electron chi connectivity index (χ4n) is 0.342. The number of ether oxygens (including phenoxy) is 2. The molecule has 0 fully saturated rings. The van der Waals surface area contributed by atoms with Crippen LogP contribution < -0.4 is 0 Å². The lowest BCUT2D eigenvalue weighted by atomic mass is 10.7. The molecule has 0 amide bonds. The van der Waals surface area contributed by atoms with E-state index in [1.807, 2.05) is 12.0 Å². The summed E-state index contributed by atoms with van der Waals surface area (Å²) in [6.45, 7) is 2.08. The van der Waals surface area contributed by atoms with Crippen molar-refractivity contribution in [2.75, 3.05) is 33.2 Å². The zero-order valence-corrected chi connectivity index (χ0v) is 6.74. The van der Waals surface area contributed by atoms with Gasteiger partial charge < -0.3 is 9.47 Å². The Bertz CT molecular complexity index is 44.3. The molecule has 0 atom stereocenters. The van der Waals surface area contributed by atoms with Gasteiger partial charge in [-0.05, 0) is 6.26 Å². The van der Waals surface area contributed by atoms with Crippen molar-refractivity contribution in [2.24, 2.45) is 0 Å². The average Bonchev–Trinajstić information content (AvgIpc) is 1.89. The van der Waals surface area contributed by atoms with Gasteiger partial charge in [0.2, 0.25) is 0 Å². The minimum atomic E-state index is 0.683. The second-order valence-electron chi connectivity index (χ2n) is 1.47. The van der Waals surface area contributed by atoms with Crippen molar-refractivity contribution in [1.29, 1.82) is 0 Å². The molecule has 0 aromatic rings. The van der Waals surface area contributed by atoms with E-state index in [4.69, 9.17) is 9.47 Å². The fourth-order valence-corrected chi connectivity index (χ4v) is 0.574. The van der Waals surface area contributed by atoms with Crippen molar-refractivity contribution in [3.63, 3.8) is 0 Å². The molecular weight excluding hydrogens is 136 g/mol. The van der Waals surface area contributed by atoms with Crippen LogP contribution in [0.25, 0.3) is 0 Å². The van der Waals surface area contributed by atoms with Crippen LogP contribution in [0.5, 0.6) is 0 Å². The summed E-state index contributed by atoms with van der Waals surface area (Å²) in [6.07, 6.45) is 2.01. The highest BCUT2D eigenvalue weighted by atomic mass is 32.2. The van der Waals surface area contributed by atoms with Gasteiger partial charge in [-0.15, -0.1) is 0 Å². The quantitative estimate of drug-likeness (QED) is 0.528. The zero-order valence-electron chi connectivity index (χ0n) is 5.92. The van der Waals surface area contributed by atoms with E-state index in [2.05, 4.69) is 0 Å². The Balaban J connectivity index is 2.60. The van der Waals surface area contributed by atoms with Crippen LogP contribution in [0.4, 0.5) is 0 Å². The van der Waals surface area contributed by atoms with Gasteiger partial charge in [-0.1, -0.05) is 0 Å². The van der Waals surface area contributed by atoms with E-state index in [0.29, 0.717) is 19.8 Å². The minimum Gasteiger partial charge on any atom is -0.382 e. The second kappa shape index (κ2) is 8.27. The molecule has 0 spiro atoms. The van der Waals surface area contributed by atoms with Crippen LogP contribution in [-0.4, -0.2) is 33.2 Å². The molecule has 0 bridgehead atoms. The minimum absolute atomic E-state index is 0.683. The predicted molar refractivity (Wildman–Crippen MR) is 40.5 cm³/mol. The van der Waals surface area contributed by atoms with Crippen LogP contribution in [0, 0.1) is 5.75 Å². The molecule has 9 heavy (non-hydrogen) atoms. The number of rotatable bonds is 6.